The predicted molar refractivity (Wildman–Crippen MR) is 292 cm³/mol. The largest absolute Gasteiger partial charge is 0.495 e. The van der Waals surface area contributed by atoms with Gasteiger partial charge in [-0.3, -0.25) is 34.0 Å². The van der Waals surface area contributed by atoms with Crippen LogP contribution in [0.2, 0.25) is 0 Å². The molecular weight excluding hydrogens is 986 g/mol. The van der Waals surface area contributed by atoms with Crippen LogP contribution in [0.3, 0.4) is 0 Å². The second kappa shape index (κ2) is 21.9. The van der Waals surface area contributed by atoms with Gasteiger partial charge in [0.2, 0.25) is 23.6 Å². The minimum Gasteiger partial charge on any atom is -0.495 e. The fourth-order valence-corrected chi connectivity index (χ4v) is 11.9. The number of carbonyl (C=O) groups is 4. The fourth-order valence-electron chi connectivity index (χ4n) is 11.1. The lowest BCUT2D eigenvalue weighted by atomic mass is 9.83. The van der Waals surface area contributed by atoms with Gasteiger partial charge in [-0.2, -0.15) is 0 Å². The van der Waals surface area contributed by atoms with Crippen LogP contribution in [0.15, 0.2) is 103 Å². The summed E-state index contributed by atoms with van der Waals surface area (Å²) in [6.45, 7) is 13.5. The van der Waals surface area contributed by atoms with Crippen LogP contribution in [0.5, 0.6) is 17.2 Å². The number of aryl methyl sites for hydroxylation is 1. The number of rotatable bonds is 15. The lowest BCUT2D eigenvalue weighted by Gasteiger charge is -2.47. The highest BCUT2D eigenvalue weighted by Gasteiger charge is 2.56. The number of aliphatic hydroxyl groups excluding tert-OH is 1. The second-order valence-electron chi connectivity index (χ2n) is 21.6. The monoisotopic (exact) mass is 1050 g/mol. The number of ether oxygens (including phenoxy) is 2. The number of amides is 4. The number of piperazine rings is 1. The average molecular weight is 1050 g/mol. The van der Waals surface area contributed by atoms with Crippen molar-refractivity contribution < 1.29 is 38.1 Å². The number of aliphatic hydroxyl groups is 1. The van der Waals surface area contributed by atoms with E-state index in [1.54, 1.807) is 59.9 Å². The molecule has 4 aromatic carbocycles. The Balaban J connectivity index is 0.720. The third-order valence-electron chi connectivity index (χ3n) is 15.4. The van der Waals surface area contributed by atoms with E-state index in [1.807, 2.05) is 42.8 Å². The molecule has 4 aliphatic rings. The van der Waals surface area contributed by atoms with Gasteiger partial charge < -0.3 is 40.3 Å². The summed E-state index contributed by atoms with van der Waals surface area (Å²) in [7, 11) is 1.67. The number of benzene rings is 4. The molecule has 6 aromatic rings. The van der Waals surface area contributed by atoms with Crippen molar-refractivity contribution in [3.63, 3.8) is 0 Å². The number of methoxy groups -OCH3 is 1. The average Bonchev–Trinajstić information content (AvgIpc) is 4.01. The number of β-amino-alcohol motifs (C(OH)–C–C–N with tert-alkyl or cyclic N) is 1. The van der Waals surface area contributed by atoms with Crippen LogP contribution in [0.4, 0.5) is 21.5 Å². The molecule has 4 fully saturated rings. The molecule has 0 radical (unpaired) electrons. The van der Waals surface area contributed by atoms with Gasteiger partial charge in [0.05, 0.1) is 46.5 Å². The molecule has 0 unspecified atom stereocenters. The Hall–Kier alpha value is -6.99. The molecule has 3 aliphatic heterocycles. The molecule has 2 aromatic heterocycles. The van der Waals surface area contributed by atoms with Crippen molar-refractivity contribution in [1.82, 2.24) is 30.0 Å². The first-order valence-corrected chi connectivity index (χ1v) is 27.1. The molecule has 398 valence electrons. The van der Waals surface area contributed by atoms with Gasteiger partial charge in [0.1, 0.15) is 34.5 Å². The van der Waals surface area contributed by atoms with Crippen LogP contribution >= 0.6 is 11.3 Å². The number of halogens is 1. The van der Waals surface area contributed by atoms with E-state index < -0.39 is 46.6 Å². The Morgan fingerprint density at radius 1 is 0.842 bits per heavy atom. The number of hydrogen-bond donors (Lipinski definition) is 4. The van der Waals surface area contributed by atoms with Crippen LogP contribution in [0, 0.1) is 23.6 Å². The predicted octanol–water partition coefficient (Wildman–Crippen LogP) is 8.24. The van der Waals surface area contributed by atoms with Gasteiger partial charge in [-0.05, 0) is 116 Å². The number of pyridine rings is 1. The molecule has 16 nitrogen and oxygen atoms in total. The van der Waals surface area contributed by atoms with Gasteiger partial charge in [0.15, 0.2) is 0 Å². The summed E-state index contributed by atoms with van der Waals surface area (Å²) in [5.41, 5.74) is 5.92. The van der Waals surface area contributed by atoms with Crippen molar-refractivity contribution >= 4 is 62.9 Å². The number of hydrogen-bond acceptors (Lipinski definition) is 13. The number of nitrogens with one attached hydrogen (secondary N) is 3. The Morgan fingerprint density at radius 2 is 1.50 bits per heavy atom. The smallest absolute Gasteiger partial charge is 0.243 e. The first kappa shape index (κ1) is 52.5. The Morgan fingerprint density at radius 3 is 2.11 bits per heavy atom. The second-order valence-corrected chi connectivity index (χ2v) is 22.5. The van der Waals surface area contributed by atoms with Gasteiger partial charge in [0, 0.05) is 87.8 Å². The highest BCUT2D eigenvalue weighted by atomic mass is 32.1. The third kappa shape index (κ3) is 11.3. The maximum atomic E-state index is 14.6. The number of likely N-dealkylation sites (tertiary alicyclic amines) is 2. The minimum atomic E-state index is -1.18. The molecule has 10 rings (SSSR count). The zero-order valence-electron chi connectivity index (χ0n) is 43.7. The van der Waals surface area contributed by atoms with E-state index >= 15 is 0 Å². The minimum absolute atomic E-state index is 0.104. The number of carbonyl (C=O) groups excluding carboxylic acids is 4. The van der Waals surface area contributed by atoms with Crippen molar-refractivity contribution in [2.24, 2.45) is 10.8 Å². The molecule has 1 aliphatic carbocycles. The molecule has 5 heterocycles. The molecule has 3 atom stereocenters. The summed E-state index contributed by atoms with van der Waals surface area (Å²) in [6, 6.07) is 25.5. The van der Waals surface area contributed by atoms with Gasteiger partial charge >= 0.3 is 0 Å². The molecule has 4 N–H and O–H groups in total. The van der Waals surface area contributed by atoms with E-state index in [9.17, 15) is 28.7 Å². The summed E-state index contributed by atoms with van der Waals surface area (Å²) in [6.07, 6.45) is 3.81. The standard InChI is InChI=1S/C58H66FN9O7S/c1-36-51(76-35-62-36)38-8-6-37(7-9-38)33-61-53(70)48-30-43(69)34-68(48)54(71)52(57(2,3)4)67-24-19-42(20-25-67)65-26-28-66(29-27-65)47-32-46-45(31-50(47)74-5)49(18-23-60-46)75-44-16-14-41(15-17-44)64-56(73)58(21-22-58)55(72)63-40-12-10-39(59)11-13-40/h6-18,23,31-32,35,42-43,48,52,69H,19-22,24-30,33-34H2,1-5H3,(H,61,70)(H,63,72)(H,64,73)/t43-,48+,52-/m1/s1. The Labute approximate surface area is 446 Å². The normalized spacial score (nSPS) is 19.5. The quantitative estimate of drug-likeness (QED) is 0.0725. The van der Waals surface area contributed by atoms with Crippen LogP contribution in [-0.2, 0) is 25.7 Å². The number of anilines is 3. The van der Waals surface area contributed by atoms with Crippen molar-refractivity contribution in [2.75, 3.05) is 68.5 Å². The Bertz CT molecular complexity index is 3070. The number of piperidine rings is 1. The van der Waals surface area contributed by atoms with Gasteiger partial charge in [-0.25, -0.2) is 9.37 Å². The lowest BCUT2D eigenvalue weighted by Crippen LogP contribution is -2.60. The zero-order valence-corrected chi connectivity index (χ0v) is 44.5. The maximum absolute atomic E-state index is 14.6. The fraction of sp³-hybridized carbons (Fsp3) is 0.414. The van der Waals surface area contributed by atoms with Gasteiger partial charge in [0.25, 0.3) is 0 Å². The summed E-state index contributed by atoms with van der Waals surface area (Å²) in [5.74, 6) is 0.251. The van der Waals surface area contributed by atoms with Crippen LogP contribution in [0.25, 0.3) is 21.3 Å². The zero-order chi connectivity index (χ0) is 53.3. The van der Waals surface area contributed by atoms with Crippen LogP contribution < -0.4 is 30.3 Å². The van der Waals surface area contributed by atoms with Crippen molar-refractivity contribution in [3.8, 4) is 27.7 Å². The maximum Gasteiger partial charge on any atom is 0.243 e. The summed E-state index contributed by atoms with van der Waals surface area (Å²) in [4.78, 5) is 73.8. The van der Waals surface area contributed by atoms with E-state index in [0.717, 1.165) is 90.4 Å². The third-order valence-corrected chi connectivity index (χ3v) is 16.4. The highest BCUT2D eigenvalue weighted by Crippen LogP contribution is 2.48. The number of thiazole rings is 1. The highest BCUT2D eigenvalue weighted by molar-refractivity contribution is 7.13. The van der Waals surface area contributed by atoms with E-state index in [-0.39, 0.29) is 24.8 Å². The number of nitrogens with zero attached hydrogens (tertiary/aromatic N) is 6. The van der Waals surface area contributed by atoms with Gasteiger partial charge in [-0.1, -0.05) is 45.0 Å². The molecule has 18 heteroatoms. The SMILES string of the molecule is COc1cc2c(Oc3ccc(NC(=O)C4(C(=O)Nc5ccc(F)cc5)CC4)cc3)ccnc2cc1N1CCN(C2CCN([C@H](C(=O)N3C[C@H](O)C[C@H]3C(=O)NCc3ccc(-c4scnc4C)cc3)C(C)(C)C)CC2)CC1. The first-order chi connectivity index (χ1) is 36.6. The molecule has 4 amide bonds. The summed E-state index contributed by atoms with van der Waals surface area (Å²) in [5, 5.41) is 20.3. The van der Waals surface area contributed by atoms with Gasteiger partial charge in [-0.15, -0.1) is 11.3 Å². The van der Waals surface area contributed by atoms with E-state index in [1.165, 1.54) is 24.3 Å². The lowest BCUT2D eigenvalue weighted by molar-refractivity contribution is -0.147. The van der Waals surface area contributed by atoms with E-state index in [0.29, 0.717) is 54.1 Å². The molecule has 76 heavy (non-hydrogen) atoms. The molecule has 3 saturated heterocycles. The van der Waals surface area contributed by atoms with E-state index in [4.69, 9.17) is 14.5 Å². The Kier molecular flexibility index (Phi) is 15.1. The van der Waals surface area contributed by atoms with E-state index in [2.05, 4.69) is 62.5 Å². The molecular formula is C58H66FN9O7S. The molecule has 1 saturated carbocycles. The molecule has 0 spiro atoms. The van der Waals surface area contributed by atoms with Crippen LogP contribution in [-0.4, -0.2) is 131 Å². The summed E-state index contributed by atoms with van der Waals surface area (Å²) < 4.78 is 25.7. The first-order valence-electron chi connectivity index (χ1n) is 26.2. The number of aromatic nitrogens is 2. The number of fused-ring (bicyclic) bond motifs is 1. The van der Waals surface area contributed by atoms with Crippen molar-refractivity contribution in [3.05, 3.63) is 120 Å². The van der Waals surface area contributed by atoms with Crippen molar-refractivity contribution in [2.45, 2.75) is 90.6 Å². The topological polar surface area (TPSA) is 182 Å². The molecule has 0 bridgehead atoms. The van der Waals surface area contributed by atoms with Crippen LogP contribution in [0.1, 0.15) is 64.1 Å². The van der Waals surface area contributed by atoms with Crippen molar-refractivity contribution in [1.29, 1.82) is 0 Å². The summed E-state index contributed by atoms with van der Waals surface area (Å²) >= 11 is 1.60.